The lowest BCUT2D eigenvalue weighted by Gasteiger charge is -2.39. The third kappa shape index (κ3) is 4.02. The number of aromatic hydroxyl groups is 2. The lowest BCUT2D eigenvalue weighted by Crippen LogP contribution is -2.60. The van der Waals surface area contributed by atoms with Crippen LogP contribution in [0.1, 0.15) is 30.1 Å². The van der Waals surface area contributed by atoms with Crippen LogP contribution in [0.25, 0.3) is 0 Å². The molecule has 2 rings (SSSR count). The number of aliphatic hydroxyl groups excluding tert-OH is 4. The smallest absolute Gasteiger partial charge is 0.229 e. The molecule has 1 aliphatic heterocycles. The number of carbonyl (C=O) groups is 1. The molecule has 0 unspecified atom stereocenters. The number of hydrogen-bond donors (Lipinski definition) is 6. The van der Waals surface area contributed by atoms with Gasteiger partial charge in [0.2, 0.25) is 6.29 Å². The summed E-state index contributed by atoms with van der Waals surface area (Å²) in [6.45, 7) is 1.13. The highest BCUT2D eigenvalue weighted by molar-refractivity contribution is 6.01. The normalized spacial score (nSPS) is 29.4. The van der Waals surface area contributed by atoms with Crippen molar-refractivity contribution in [3.05, 3.63) is 17.7 Å². The lowest BCUT2D eigenvalue weighted by molar-refractivity contribution is -0.277. The Hall–Kier alpha value is -1.91. The van der Waals surface area contributed by atoms with Crippen LogP contribution in [0, 0.1) is 0 Å². The van der Waals surface area contributed by atoms with E-state index >= 15 is 0 Å². The van der Waals surface area contributed by atoms with Crippen molar-refractivity contribution in [2.24, 2.45) is 0 Å². The van der Waals surface area contributed by atoms with Gasteiger partial charge in [-0.25, -0.2) is 0 Å². The first kappa shape index (κ1) is 19.4. The molecular weight excluding hydrogens is 336 g/mol. The molecule has 0 radical (unpaired) electrons. The molecule has 6 N–H and O–H groups in total. The Balaban J connectivity index is 2.34. The zero-order valence-corrected chi connectivity index (χ0v) is 13.6. The van der Waals surface area contributed by atoms with E-state index in [4.69, 9.17) is 9.47 Å². The van der Waals surface area contributed by atoms with Gasteiger partial charge in [0.1, 0.15) is 47.2 Å². The Kier molecular flexibility index (Phi) is 6.20. The molecule has 1 heterocycles. The molecule has 1 aromatic carbocycles. The van der Waals surface area contributed by atoms with Crippen LogP contribution in [0.3, 0.4) is 0 Å². The Labute approximate surface area is 143 Å². The van der Waals surface area contributed by atoms with Crippen LogP contribution in [0.5, 0.6) is 17.2 Å². The second-order valence-electron chi connectivity index (χ2n) is 5.83. The molecule has 0 bridgehead atoms. The summed E-state index contributed by atoms with van der Waals surface area (Å²) in [4.78, 5) is 12.2. The number of hydrogen-bond acceptors (Lipinski definition) is 9. The van der Waals surface area contributed by atoms with Crippen LogP contribution >= 0.6 is 0 Å². The van der Waals surface area contributed by atoms with E-state index in [2.05, 4.69) is 0 Å². The molecule has 1 saturated heterocycles. The Morgan fingerprint density at radius 2 is 1.84 bits per heavy atom. The van der Waals surface area contributed by atoms with Crippen molar-refractivity contribution in [2.75, 3.05) is 6.61 Å². The number of Topliss-reactive ketones (excluding diaryl/α,β-unsaturated/α-hetero) is 1. The molecule has 0 spiro atoms. The van der Waals surface area contributed by atoms with Crippen molar-refractivity contribution in [1.82, 2.24) is 0 Å². The highest BCUT2D eigenvalue weighted by atomic mass is 16.7. The molecule has 5 atom stereocenters. The summed E-state index contributed by atoms with van der Waals surface area (Å²) in [5.41, 5.74) is -0.198. The number of phenols is 2. The summed E-state index contributed by atoms with van der Waals surface area (Å²) in [5, 5.41) is 58.3. The Bertz CT molecular complexity index is 616. The predicted octanol–water partition coefficient (Wildman–Crippen LogP) is -0.741. The van der Waals surface area contributed by atoms with Crippen LogP contribution < -0.4 is 4.74 Å². The van der Waals surface area contributed by atoms with Gasteiger partial charge < -0.3 is 40.1 Å². The quantitative estimate of drug-likeness (QED) is 0.360. The third-order valence-electron chi connectivity index (χ3n) is 3.91. The summed E-state index contributed by atoms with van der Waals surface area (Å²) >= 11 is 0. The van der Waals surface area contributed by atoms with Crippen molar-refractivity contribution >= 4 is 5.78 Å². The molecule has 0 saturated carbocycles. The minimum Gasteiger partial charge on any atom is -0.508 e. The highest BCUT2D eigenvalue weighted by Crippen LogP contribution is 2.36. The molecule has 1 fully saturated rings. The molecule has 9 heteroatoms. The molecule has 0 aromatic heterocycles. The molecule has 9 nitrogen and oxygen atoms in total. The van der Waals surface area contributed by atoms with Gasteiger partial charge in [0.05, 0.1) is 6.61 Å². The fourth-order valence-electron chi connectivity index (χ4n) is 2.60. The molecule has 0 amide bonds. The first-order valence-electron chi connectivity index (χ1n) is 7.86. The maximum atomic E-state index is 12.2. The molecule has 0 aliphatic carbocycles. The van der Waals surface area contributed by atoms with Gasteiger partial charge in [0.15, 0.2) is 5.78 Å². The summed E-state index contributed by atoms with van der Waals surface area (Å²) in [6.07, 6.45) is -7.00. The maximum Gasteiger partial charge on any atom is 0.229 e. The van der Waals surface area contributed by atoms with Gasteiger partial charge in [-0.3, -0.25) is 4.79 Å². The van der Waals surface area contributed by atoms with Crippen LogP contribution in [-0.2, 0) is 4.74 Å². The zero-order chi connectivity index (χ0) is 18.7. The first-order valence-corrected chi connectivity index (χ1v) is 7.86. The summed E-state index contributed by atoms with van der Waals surface area (Å²) in [5.74, 6) is -1.58. The largest absolute Gasteiger partial charge is 0.508 e. The summed E-state index contributed by atoms with van der Waals surface area (Å²) in [6, 6.07) is 2.03. The SMILES string of the molecule is CCCC(=O)c1c(O)cc(O)cc1O[C@@H]1O[C@H](CO)[C@@H](O)[C@H](O)[C@H]1O. The van der Waals surface area contributed by atoms with Crippen LogP contribution in [0.2, 0.25) is 0 Å². The van der Waals surface area contributed by atoms with Gasteiger partial charge >= 0.3 is 0 Å². The highest BCUT2D eigenvalue weighted by Gasteiger charge is 2.45. The number of aliphatic hydroxyl groups is 4. The van der Waals surface area contributed by atoms with E-state index in [0.29, 0.717) is 6.42 Å². The van der Waals surface area contributed by atoms with Crippen LogP contribution in [0.15, 0.2) is 12.1 Å². The van der Waals surface area contributed by atoms with Gasteiger partial charge in [-0.05, 0) is 6.42 Å². The molecule has 1 aliphatic rings. The second kappa shape index (κ2) is 7.98. The minimum absolute atomic E-state index is 0.114. The number of rotatable bonds is 6. The number of phenolic OH excluding ortho intramolecular Hbond substituents is 2. The van der Waals surface area contributed by atoms with E-state index in [1.807, 2.05) is 0 Å². The first-order chi connectivity index (χ1) is 11.8. The van der Waals surface area contributed by atoms with Crippen molar-refractivity contribution in [2.45, 2.75) is 50.5 Å². The fourth-order valence-corrected chi connectivity index (χ4v) is 2.60. The number of ether oxygens (including phenoxy) is 2. The zero-order valence-electron chi connectivity index (χ0n) is 13.6. The van der Waals surface area contributed by atoms with Crippen molar-refractivity contribution < 1.29 is 44.9 Å². The van der Waals surface area contributed by atoms with E-state index < -0.39 is 48.8 Å². The molecule has 25 heavy (non-hydrogen) atoms. The van der Waals surface area contributed by atoms with Gasteiger partial charge in [0, 0.05) is 18.6 Å². The van der Waals surface area contributed by atoms with E-state index in [1.54, 1.807) is 6.92 Å². The van der Waals surface area contributed by atoms with Gasteiger partial charge in [0.25, 0.3) is 0 Å². The predicted molar refractivity (Wildman–Crippen MR) is 83.4 cm³/mol. The standard InChI is InChI=1S/C16H22O9/c1-2-3-8(19)12-9(20)4-7(18)5-10(12)24-16-15(23)14(22)13(21)11(6-17)25-16/h4-5,11,13-18,20-23H,2-3,6H2,1H3/t11-,13-,14+,15-,16-/m1/s1. The summed E-state index contributed by atoms with van der Waals surface area (Å²) < 4.78 is 10.6. The van der Waals surface area contributed by atoms with Crippen molar-refractivity contribution in [3.8, 4) is 17.2 Å². The summed E-state index contributed by atoms with van der Waals surface area (Å²) in [7, 11) is 0. The van der Waals surface area contributed by atoms with Crippen molar-refractivity contribution in [3.63, 3.8) is 0 Å². The molecular formula is C16H22O9. The van der Waals surface area contributed by atoms with Gasteiger partial charge in [-0.2, -0.15) is 0 Å². The Morgan fingerprint density at radius 1 is 1.16 bits per heavy atom. The van der Waals surface area contributed by atoms with Crippen LogP contribution in [-0.4, -0.2) is 73.7 Å². The number of ketones is 1. The molecule has 1 aromatic rings. The molecule has 140 valence electrons. The average Bonchev–Trinajstić information content (AvgIpc) is 2.55. The van der Waals surface area contributed by atoms with Crippen LogP contribution in [0.4, 0.5) is 0 Å². The van der Waals surface area contributed by atoms with Gasteiger partial charge in [-0.15, -0.1) is 0 Å². The fraction of sp³-hybridized carbons (Fsp3) is 0.562. The van der Waals surface area contributed by atoms with E-state index in [9.17, 15) is 35.4 Å². The Morgan fingerprint density at radius 3 is 2.44 bits per heavy atom. The minimum atomic E-state index is -1.68. The topological polar surface area (TPSA) is 157 Å². The maximum absolute atomic E-state index is 12.2. The lowest BCUT2D eigenvalue weighted by atomic mass is 9.99. The number of carbonyl (C=O) groups excluding carboxylic acids is 1. The average molecular weight is 358 g/mol. The van der Waals surface area contributed by atoms with E-state index in [-0.39, 0.29) is 23.5 Å². The third-order valence-corrected chi connectivity index (χ3v) is 3.91. The van der Waals surface area contributed by atoms with E-state index in [0.717, 1.165) is 12.1 Å². The number of benzene rings is 1. The monoisotopic (exact) mass is 358 g/mol. The van der Waals surface area contributed by atoms with E-state index in [1.165, 1.54) is 0 Å². The van der Waals surface area contributed by atoms with Crippen molar-refractivity contribution in [1.29, 1.82) is 0 Å². The second-order valence-corrected chi connectivity index (χ2v) is 5.83. The van der Waals surface area contributed by atoms with Gasteiger partial charge in [-0.1, -0.05) is 6.92 Å².